The smallest absolute Gasteiger partial charge is 0.122 e. The lowest BCUT2D eigenvalue weighted by Crippen LogP contribution is -2.25. The largest absolute Gasteiger partial charge is 0.493 e. The van der Waals surface area contributed by atoms with E-state index in [1.54, 1.807) is 0 Å². The monoisotopic (exact) mass is 234 g/mol. The Morgan fingerprint density at radius 3 is 3.12 bits per heavy atom. The van der Waals surface area contributed by atoms with E-state index in [-0.39, 0.29) is 0 Å². The highest BCUT2D eigenvalue weighted by atomic mass is 16.5. The third kappa shape index (κ3) is 3.72. The Morgan fingerprint density at radius 2 is 2.29 bits per heavy atom. The molecule has 1 heterocycles. The molecular formula is C14H22N2O. The third-order valence-electron chi connectivity index (χ3n) is 3.12. The van der Waals surface area contributed by atoms with Crippen LogP contribution in [0.3, 0.4) is 0 Å². The molecule has 3 nitrogen and oxygen atoms in total. The molecular weight excluding hydrogens is 212 g/mol. The van der Waals surface area contributed by atoms with Crippen LogP contribution in [0.5, 0.6) is 5.75 Å². The minimum atomic E-state index is 0.291. The van der Waals surface area contributed by atoms with Gasteiger partial charge in [-0.05, 0) is 50.0 Å². The van der Waals surface area contributed by atoms with Gasteiger partial charge in [0, 0.05) is 12.5 Å². The molecule has 1 unspecified atom stereocenters. The van der Waals surface area contributed by atoms with Crippen LogP contribution < -0.4 is 15.8 Å². The topological polar surface area (TPSA) is 47.3 Å². The maximum Gasteiger partial charge on any atom is 0.122 e. The van der Waals surface area contributed by atoms with Crippen LogP contribution in [-0.4, -0.2) is 25.7 Å². The summed E-state index contributed by atoms with van der Waals surface area (Å²) in [6.45, 7) is 4.91. The van der Waals surface area contributed by atoms with Gasteiger partial charge in [0.15, 0.2) is 0 Å². The van der Waals surface area contributed by atoms with Crippen LogP contribution in [0.4, 0.5) is 0 Å². The molecule has 1 aliphatic rings. The first-order valence-electron chi connectivity index (χ1n) is 6.46. The van der Waals surface area contributed by atoms with Gasteiger partial charge in [0.25, 0.3) is 0 Å². The first-order chi connectivity index (χ1) is 8.25. The molecule has 0 saturated carbocycles. The van der Waals surface area contributed by atoms with E-state index in [1.165, 1.54) is 11.1 Å². The summed E-state index contributed by atoms with van der Waals surface area (Å²) in [5, 5.41) is 3.42. The second-order valence-electron chi connectivity index (χ2n) is 4.81. The van der Waals surface area contributed by atoms with Gasteiger partial charge < -0.3 is 15.8 Å². The van der Waals surface area contributed by atoms with E-state index in [0.29, 0.717) is 6.04 Å². The van der Waals surface area contributed by atoms with Crippen LogP contribution in [0.15, 0.2) is 18.2 Å². The van der Waals surface area contributed by atoms with Crippen LogP contribution in [-0.2, 0) is 12.8 Å². The number of fused-ring (bicyclic) bond motifs is 1. The van der Waals surface area contributed by atoms with Gasteiger partial charge >= 0.3 is 0 Å². The predicted molar refractivity (Wildman–Crippen MR) is 70.5 cm³/mol. The van der Waals surface area contributed by atoms with Gasteiger partial charge in [-0.3, -0.25) is 0 Å². The Bertz CT molecular complexity index is 363. The van der Waals surface area contributed by atoms with Gasteiger partial charge in [0.2, 0.25) is 0 Å². The fourth-order valence-corrected chi connectivity index (χ4v) is 2.08. The van der Waals surface area contributed by atoms with Gasteiger partial charge in [-0.25, -0.2) is 0 Å². The van der Waals surface area contributed by atoms with Crippen molar-refractivity contribution >= 4 is 0 Å². The molecule has 94 valence electrons. The number of rotatable bonds is 6. The SMILES string of the molecule is CC(N)CCNCCc1ccc2c(c1)CCO2. The van der Waals surface area contributed by atoms with Crippen molar-refractivity contribution < 1.29 is 4.74 Å². The zero-order chi connectivity index (χ0) is 12.1. The fraction of sp³-hybridized carbons (Fsp3) is 0.571. The van der Waals surface area contributed by atoms with E-state index in [0.717, 1.165) is 44.7 Å². The number of hydrogen-bond acceptors (Lipinski definition) is 3. The van der Waals surface area contributed by atoms with Crippen molar-refractivity contribution in [3.63, 3.8) is 0 Å². The molecule has 0 bridgehead atoms. The van der Waals surface area contributed by atoms with Gasteiger partial charge in [0.05, 0.1) is 6.61 Å². The quantitative estimate of drug-likeness (QED) is 0.733. The lowest BCUT2D eigenvalue weighted by Gasteiger charge is -2.07. The Kier molecular flexibility index (Phi) is 4.40. The van der Waals surface area contributed by atoms with Crippen LogP contribution in [0.25, 0.3) is 0 Å². The molecule has 0 fully saturated rings. The number of benzene rings is 1. The Labute approximate surface area is 103 Å². The second-order valence-corrected chi connectivity index (χ2v) is 4.81. The van der Waals surface area contributed by atoms with E-state index in [4.69, 9.17) is 10.5 Å². The fourth-order valence-electron chi connectivity index (χ4n) is 2.08. The molecule has 1 aliphatic heterocycles. The minimum Gasteiger partial charge on any atom is -0.493 e. The Balaban J connectivity index is 1.72. The normalized spacial score (nSPS) is 15.4. The summed E-state index contributed by atoms with van der Waals surface area (Å²) in [6, 6.07) is 6.83. The minimum absolute atomic E-state index is 0.291. The van der Waals surface area contributed by atoms with E-state index < -0.39 is 0 Å². The molecule has 0 spiro atoms. The van der Waals surface area contributed by atoms with E-state index in [2.05, 4.69) is 23.5 Å². The van der Waals surface area contributed by atoms with Gasteiger partial charge in [-0.15, -0.1) is 0 Å². The maximum absolute atomic E-state index is 5.69. The maximum atomic E-state index is 5.69. The van der Waals surface area contributed by atoms with Gasteiger partial charge in [0.1, 0.15) is 5.75 Å². The highest BCUT2D eigenvalue weighted by Gasteiger charge is 2.11. The molecule has 0 aromatic heterocycles. The molecule has 2 rings (SSSR count). The summed E-state index contributed by atoms with van der Waals surface area (Å²) in [6.07, 6.45) is 3.17. The highest BCUT2D eigenvalue weighted by Crippen LogP contribution is 2.25. The van der Waals surface area contributed by atoms with Crippen LogP contribution in [0.2, 0.25) is 0 Å². The predicted octanol–water partition coefficient (Wildman–Crippen LogP) is 1.49. The zero-order valence-corrected chi connectivity index (χ0v) is 10.5. The zero-order valence-electron chi connectivity index (χ0n) is 10.5. The molecule has 0 amide bonds. The summed E-state index contributed by atoms with van der Waals surface area (Å²) in [5.74, 6) is 1.07. The molecule has 3 N–H and O–H groups in total. The van der Waals surface area contributed by atoms with Gasteiger partial charge in [-0.1, -0.05) is 12.1 Å². The molecule has 17 heavy (non-hydrogen) atoms. The molecule has 1 atom stereocenters. The highest BCUT2D eigenvalue weighted by molar-refractivity contribution is 5.39. The van der Waals surface area contributed by atoms with E-state index in [9.17, 15) is 0 Å². The molecule has 3 heteroatoms. The van der Waals surface area contributed by atoms with E-state index in [1.807, 2.05) is 6.92 Å². The second kappa shape index (κ2) is 6.03. The average Bonchev–Trinajstić information content (AvgIpc) is 2.75. The van der Waals surface area contributed by atoms with Crippen molar-refractivity contribution in [2.45, 2.75) is 32.2 Å². The summed E-state index contributed by atoms with van der Waals surface area (Å²) in [5.41, 5.74) is 8.44. The number of nitrogens with two attached hydrogens (primary N) is 1. The third-order valence-corrected chi connectivity index (χ3v) is 3.12. The molecule has 1 aromatic rings. The van der Waals surface area contributed by atoms with Crippen molar-refractivity contribution in [2.75, 3.05) is 19.7 Å². The first-order valence-corrected chi connectivity index (χ1v) is 6.46. The number of nitrogens with one attached hydrogen (secondary N) is 1. The average molecular weight is 234 g/mol. The molecule has 0 aliphatic carbocycles. The van der Waals surface area contributed by atoms with Crippen LogP contribution in [0.1, 0.15) is 24.5 Å². The van der Waals surface area contributed by atoms with Crippen molar-refractivity contribution in [2.24, 2.45) is 5.73 Å². The number of ether oxygens (including phenoxy) is 1. The standard InChI is InChI=1S/C14H22N2O/c1-11(15)4-7-16-8-5-12-2-3-14-13(10-12)6-9-17-14/h2-3,10-11,16H,4-9,15H2,1H3. The van der Waals surface area contributed by atoms with Crippen LogP contribution >= 0.6 is 0 Å². The summed E-state index contributed by atoms with van der Waals surface area (Å²) >= 11 is 0. The van der Waals surface area contributed by atoms with Crippen LogP contribution in [0, 0.1) is 0 Å². The van der Waals surface area contributed by atoms with E-state index >= 15 is 0 Å². The lowest BCUT2D eigenvalue weighted by atomic mass is 10.1. The van der Waals surface area contributed by atoms with Crippen molar-refractivity contribution in [3.8, 4) is 5.75 Å². The lowest BCUT2D eigenvalue weighted by molar-refractivity contribution is 0.357. The molecule has 0 radical (unpaired) electrons. The van der Waals surface area contributed by atoms with Crippen molar-refractivity contribution in [3.05, 3.63) is 29.3 Å². The summed E-state index contributed by atoms with van der Waals surface area (Å²) in [7, 11) is 0. The van der Waals surface area contributed by atoms with Gasteiger partial charge in [-0.2, -0.15) is 0 Å². The summed E-state index contributed by atoms with van der Waals surface area (Å²) < 4.78 is 5.49. The summed E-state index contributed by atoms with van der Waals surface area (Å²) in [4.78, 5) is 0. The molecule has 1 aromatic carbocycles. The van der Waals surface area contributed by atoms with Crippen molar-refractivity contribution in [1.29, 1.82) is 0 Å². The number of hydrogen-bond donors (Lipinski definition) is 2. The Morgan fingerprint density at radius 1 is 1.41 bits per heavy atom. The molecule has 0 saturated heterocycles. The van der Waals surface area contributed by atoms with Crippen molar-refractivity contribution in [1.82, 2.24) is 5.32 Å². The Hall–Kier alpha value is -1.06. The first kappa shape index (κ1) is 12.4.